The smallest absolute Gasteiger partial charge is 0.240 e. The molecule has 0 saturated heterocycles. The van der Waals surface area contributed by atoms with Crippen LogP contribution in [0, 0.1) is 0 Å². The standard InChI is InChI=1S/C13H18N2O5S/c1-13(18,8-16)7-14-21(19,20)10-3-4-11-9(5-10)6-12(17)15(11)2/h3-5,14,16,18H,6-8H2,1-2H3. The van der Waals surface area contributed by atoms with Crippen molar-refractivity contribution < 1.29 is 23.4 Å². The lowest BCUT2D eigenvalue weighted by atomic mass is 10.1. The monoisotopic (exact) mass is 314 g/mol. The number of sulfonamides is 1. The van der Waals surface area contributed by atoms with Gasteiger partial charge in [0.1, 0.15) is 0 Å². The lowest BCUT2D eigenvalue weighted by Crippen LogP contribution is -2.43. The summed E-state index contributed by atoms with van der Waals surface area (Å²) in [6.07, 6.45) is 0.170. The normalized spacial score (nSPS) is 17.7. The molecule has 0 aliphatic carbocycles. The summed E-state index contributed by atoms with van der Waals surface area (Å²) in [5, 5.41) is 18.5. The van der Waals surface area contributed by atoms with Gasteiger partial charge in [-0.1, -0.05) is 0 Å². The molecule has 1 aromatic carbocycles. The van der Waals surface area contributed by atoms with Gasteiger partial charge in [0, 0.05) is 19.3 Å². The number of rotatable bonds is 5. The number of hydrogen-bond acceptors (Lipinski definition) is 5. The Morgan fingerprint density at radius 2 is 2.10 bits per heavy atom. The summed E-state index contributed by atoms with van der Waals surface area (Å²) in [6.45, 7) is 0.465. The highest BCUT2D eigenvalue weighted by Crippen LogP contribution is 2.29. The number of aliphatic hydroxyl groups is 2. The van der Waals surface area contributed by atoms with Crippen molar-refractivity contribution in [3.63, 3.8) is 0 Å². The minimum Gasteiger partial charge on any atom is -0.393 e. The fourth-order valence-corrected chi connectivity index (χ4v) is 3.22. The van der Waals surface area contributed by atoms with Gasteiger partial charge in [-0.2, -0.15) is 0 Å². The molecule has 21 heavy (non-hydrogen) atoms. The van der Waals surface area contributed by atoms with Crippen LogP contribution in [0.3, 0.4) is 0 Å². The van der Waals surface area contributed by atoms with Gasteiger partial charge >= 0.3 is 0 Å². The maximum absolute atomic E-state index is 12.2. The molecule has 116 valence electrons. The minimum atomic E-state index is -3.81. The van der Waals surface area contributed by atoms with Crippen molar-refractivity contribution in [2.24, 2.45) is 0 Å². The van der Waals surface area contributed by atoms with E-state index in [9.17, 15) is 18.3 Å². The Hall–Kier alpha value is -1.48. The zero-order valence-corrected chi connectivity index (χ0v) is 12.6. The summed E-state index contributed by atoms with van der Waals surface area (Å²) in [7, 11) is -2.17. The number of likely N-dealkylation sites (N-methyl/N-ethyl adjacent to an activating group) is 1. The quantitative estimate of drug-likeness (QED) is 0.661. The second kappa shape index (κ2) is 5.38. The van der Waals surface area contributed by atoms with Crippen LogP contribution >= 0.6 is 0 Å². The lowest BCUT2D eigenvalue weighted by Gasteiger charge is -2.20. The molecule has 1 unspecified atom stereocenters. The van der Waals surface area contributed by atoms with E-state index in [0.717, 1.165) is 0 Å². The van der Waals surface area contributed by atoms with Crippen molar-refractivity contribution in [1.29, 1.82) is 0 Å². The summed E-state index contributed by atoms with van der Waals surface area (Å²) < 4.78 is 26.6. The number of anilines is 1. The molecule has 0 spiro atoms. The van der Waals surface area contributed by atoms with Crippen LogP contribution in [0.5, 0.6) is 0 Å². The molecule has 1 amide bonds. The van der Waals surface area contributed by atoms with Crippen LogP contribution in [-0.4, -0.2) is 50.3 Å². The van der Waals surface area contributed by atoms with Gasteiger partial charge in [-0.25, -0.2) is 13.1 Å². The molecule has 8 heteroatoms. The Bertz CT molecular complexity index is 669. The summed E-state index contributed by atoms with van der Waals surface area (Å²) in [5.41, 5.74) is -0.180. The van der Waals surface area contributed by atoms with Gasteiger partial charge in [-0.05, 0) is 30.7 Å². The van der Waals surface area contributed by atoms with Gasteiger partial charge in [-0.15, -0.1) is 0 Å². The first-order valence-corrected chi connectivity index (χ1v) is 7.87. The third kappa shape index (κ3) is 3.24. The second-order valence-corrected chi connectivity index (χ2v) is 7.17. The number of carbonyl (C=O) groups excluding carboxylic acids is 1. The van der Waals surface area contributed by atoms with E-state index in [1.165, 1.54) is 24.0 Å². The van der Waals surface area contributed by atoms with Crippen molar-refractivity contribution in [2.45, 2.75) is 23.8 Å². The largest absolute Gasteiger partial charge is 0.393 e. The molecule has 0 aromatic heterocycles. The van der Waals surface area contributed by atoms with Gasteiger partial charge in [0.25, 0.3) is 0 Å². The molecule has 0 saturated carbocycles. The Morgan fingerprint density at radius 3 is 2.71 bits per heavy atom. The van der Waals surface area contributed by atoms with Crippen LogP contribution in [0.4, 0.5) is 5.69 Å². The average molecular weight is 314 g/mol. The van der Waals surface area contributed by atoms with Gasteiger partial charge in [0.2, 0.25) is 15.9 Å². The third-order valence-electron chi connectivity index (χ3n) is 3.42. The summed E-state index contributed by atoms with van der Waals surface area (Å²) in [5.74, 6) is -0.0873. The predicted molar refractivity (Wildman–Crippen MR) is 76.5 cm³/mol. The molecule has 1 atom stereocenters. The van der Waals surface area contributed by atoms with Crippen LogP contribution in [0.2, 0.25) is 0 Å². The first kappa shape index (κ1) is 15.9. The molecule has 1 aliphatic heterocycles. The van der Waals surface area contributed by atoms with Crippen molar-refractivity contribution in [3.8, 4) is 0 Å². The summed E-state index contributed by atoms with van der Waals surface area (Å²) >= 11 is 0. The highest BCUT2D eigenvalue weighted by Gasteiger charge is 2.27. The molecule has 0 radical (unpaired) electrons. The molecular formula is C13H18N2O5S. The van der Waals surface area contributed by atoms with Crippen LogP contribution in [0.1, 0.15) is 12.5 Å². The zero-order valence-electron chi connectivity index (χ0n) is 11.8. The van der Waals surface area contributed by atoms with Gasteiger partial charge in [0.05, 0.1) is 23.5 Å². The molecule has 0 fully saturated rings. The number of fused-ring (bicyclic) bond motifs is 1. The van der Waals surface area contributed by atoms with Crippen LogP contribution in [-0.2, 0) is 21.2 Å². The number of carbonyl (C=O) groups is 1. The fraction of sp³-hybridized carbons (Fsp3) is 0.462. The van der Waals surface area contributed by atoms with Gasteiger partial charge < -0.3 is 15.1 Å². The van der Waals surface area contributed by atoms with Crippen molar-refractivity contribution in [2.75, 3.05) is 25.1 Å². The third-order valence-corrected chi connectivity index (χ3v) is 4.82. The van der Waals surface area contributed by atoms with Crippen molar-refractivity contribution in [1.82, 2.24) is 4.72 Å². The molecule has 1 heterocycles. The zero-order chi connectivity index (χ0) is 15.8. The highest BCUT2D eigenvalue weighted by molar-refractivity contribution is 7.89. The SMILES string of the molecule is CN1C(=O)Cc2cc(S(=O)(=O)NCC(C)(O)CO)ccc21. The van der Waals surface area contributed by atoms with Crippen molar-refractivity contribution >= 4 is 21.6 Å². The van der Waals surface area contributed by atoms with E-state index in [-0.39, 0.29) is 23.8 Å². The van der Waals surface area contributed by atoms with E-state index in [1.807, 2.05) is 0 Å². The number of aliphatic hydroxyl groups excluding tert-OH is 1. The lowest BCUT2D eigenvalue weighted by molar-refractivity contribution is -0.117. The fourth-order valence-electron chi connectivity index (χ4n) is 2.00. The van der Waals surface area contributed by atoms with E-state index >= 15 is 0 Å². The molecule has 2 rings (SSSR count). The minimum absolute atomic E-state index is 0.0260. The molecular weight excluding hydrogens is 296 g/mol. The Labute approximate surface area is 123 Å². The second-order valence-electron chi connectivity index (χ2n) is 5.40. The van der Waals surface area contributed by atoms with Gasteiger partial charge in [0.15, 0.2) is 0 Å². The Morgan fingerprint density at radius 1 is 1.43 bits per heavy atom. The van der Waals surface area contributed by atoms with Crippen LogP contribution in [0.25, 0.3) is 0 Å². The molecule has 1 aliphatic rings. The van der Waals surface area contributed by atoms with E-state index < -0.39 is 22.2 Å². The topological polar surface area (TPSA) is 107 Å². The number of amides is 1. The maximum Gasteiger partial charge on any atom is 0.240 e. The predicted octanol–water partition coefficient (Wildman–Crippen LogP) is -0.773. The van der Waals surface area contributed by atoms with Crippen LogP contribution < -0.4 is 9.62 Å². The number of nitrogens with one attached hydrogen (secondary N) is 1. The van der Waals surface area contributed by atoms with E-state index in [0.29, 0.717) is 11.3 Å². The first-order chi connectivity index (χ1) is 9.66. The summed E-state index contributed by atoms with van der Waals surface area (Å²) in [4.78, 5) is 13.1. The van der Waals surface area contributed by atoms with Crippen LogP contribution in [0.15, 0.2) is 23.1 Å². The highest BCUT2D eigenvalue weighted by atomic mass is 32.2. The Balaban J connectivity index is 2.23. The number of nitrogens with zero attached hydrogens (tertiary/aromatic N) is 1. The van der Waals surface area contributed by atoms with E-state index in [1.54, 1.807) is 13.1 Å². The molecule has 7 nitrogen and oxygen atoms in total. The molecule has 0 bridgehead atoms. The van der Waals surface area contributed by atoms with E-state index in [2.05, 4.69) is 4.72 Å². The molecule has 3 N–H and O–H groups in total. The summed E-state index contributed by atoms with van der Waals surface area (Å²) in [6, 6.07) is 4.44. The van der Waals surface area contributed by atoms with Crippen molar-refractivity contribution in [3.05, 3.63) is 23.8 Å². The first-order valence-electron chi connectivity index (χ1n) is 6.39. The molecule has 1 aromatic rings. The number of hydrogen-bond donors (Lipinski definition) is 3. The maximum atomic E-state index is 12.2. The number of benzene rings is 1. The Kier molecular flexibility index (Phi) is 4.07. The van der Waals surface area contributed by atoms with E-state index in [4.69, 9.17) is 5.11 Å². The van der Waals surface area contributed by atoms with Gasteiger partial charge in [-0.3, -0.25) is 4.79 Å². The average Bonchev–Trinajstić information content (AvgIpc) is 2.72.